The minimum atomic E-state index is 0.296. The topological polar surface area (TPSA) is 32.3 Å². The van der Waals surface area contributed by atoms with Gasteiger partial charge in [0.05, 0.1) is 0 Å². The third-order valence-corrected chi connectivity index (χ3v) is 2.80. The van der Waals surface area contributed by atoms with Crippen LogP contribution in [0.3, 0.4) is 0 Å². The Morgan fingerprint density at radius 2 is 2.56 bits per heavy atom. The normalized spacial score (nSPS) is 48.3. The van der Waals surface area contributed by atoms with Crippen molar-refractivity contribution >= 4 is 0 Å². The SMILES string of the molecule is OC[C@@]12CC[C@@H](C1)NC2. The zero-order valence-electron chi connectivity index (χ0n) is 5.56. The Morgan fingerprint density at radius 3 is 2.78 bits per heavy atom. The Bertz CT molecular complexity index is 116. The van der Waals surface area contributed by atoms with Gasteiger partial charge in [-0.15, -0.1) is 0 Å². The van der Waals surface area contributed by atoms with Crippen LogP contribution in [0.4, 0.5) is 0 Å². The highest BCUT2D eigenvalue weighted by Crippen LogP contribution is 2.41. The Labute approximate surface area is 55.3 Å². The maximum Gasteiger partial charge on any atom is 0.0500 e. The first-order chi connectivity index (χ1) is 4.35. The summed E-state index contributed by atoms with van der Waals surface area (Å²) >= 11 is 0. The maximum absolute atomic E-state index is 9.00. The van der Waals surface area contributed by atoms with E-state index in [1.807, 2.05) is 0 Å². The van der Waals surface area contributed by atoms with Crippen LogP contribution in [0.1, 0.15) is 19.3 Å². The summed E-state index contributed by atoms with van der Waals surface area (Å²) < 4.78 is 0. The van der Waals surface area contributed by atoms with Crippen molar-refractivity contribution < 1.29 is 5.11 Å². The number of hydrogen-bond donors (Lipinski definition) is 2. The molecule has 2 N–H and O–H groups in total. The van der Waals surface area contributed by atoms with Gasteiger partial charge in [-0.25, -0.2) is 0 Å². The quantitative estimate of drug-likeness (QED) is 0.524. The summed E-state index contributed by atoms with van der Waals surface area (Å²) in [7, 11) is 0. The lowest BCUT2D eigenvalue weighted by molar-refractivity contribution is 0.144. The van der Waals surface area contributed by atoms with Crippen molar-refractivity contribution in [2.45, 2.75) is 25.3 Å². The van der Waals surface area contributed by atoms with Gasteiger partial charge in [-0.1, -0.05) is 0 Å². The summed E-state index contributed by atoms with van der Waals surface area (Å²) in [5.74, 6) is 0. The van der Waals surface area contributed by atoms with Crippen LogP contribution in [-0.2, 0) is 0 Å². The molecule has 2 heteroatoms. The maximum atomic E-state index is 9.00. The van der Waals surface area contributed by atoms with E-state index >= 15 is 0 Å². The molecule has 0 unspecified atom stereocenters. The summed E-state index contributed by atoms with van der Waals surface area (Å²) in [5.41, 5.74) is 0.296. The van der Waals surface area contributed by atoms with Crippen molar-refractivity contribution in [2.24, 2.45) is 5.41 Å². The molecule has 0 spiro atoms. The van der Waals surface area contributed by atoms with E-state index in [2.05, 4.69) is 5.32 Å². The summed E-state index contributed by atoms with van der Waals surface area (Å²) in [6, 6.07) is 0.733. The minimum Gasteiger partial charge on any atom is -0.396 e. The Morgan fingerprint density at radius 1 is 1.67 bits per heavy atom. The number of piperidine rings is 1. The Kier molecular flexibility index (Phi) is 1.08. The highest BCUT2D eigenvalue weighted by atomic mass is 16.3. The molecule has 2 nitrogen and oxygen atoms in total. The van der Waals surface area contributed by atoms with Crippen LogP contribution in [0.5, 0.6) is 0 Å². The van der Waals surface area contributed by atoms with E-state index in [9.17, 15) is 0 Å². The average Bonchev–Trinajstić information content (AvgIpc) is 2.46. The van der Waals surface area contributed by atoms with Crippen LogP contribution in [0.2, 0.25) is 0 Å². The molecule has 1 saturated heterocycles. The highest BCUT2D eigenvalue weighted by molar-refractivity contribution is 4.99. The second-order valence-corrected chi connectivity index (χ2v) is 3.48. The molecule has 1 heterocycles. The molecule has 0 aromatic heterocycles. The summed E-state index contributed by atoms with van der Waals surface area (Å²) in [6.45, 7) is 1.44. The summed E-state index contributed by atoms with van der Waals surface area (Å²) in [4.78, 5) is 0. The van der Waals surface area contributed by atoms with Gasteiger partial charge in [0.2, 0.25) is 0 Å². The van der Waals surface area contributed by atoms with Crippen LogP contribution < -0.4 is 5.32 Å². The second kappa shape index (κ2) is 1.70. The highest BCUT2D eigenvalue weighted by Gasteiger charge is 2.43. The van der Waals surface area contributed by atoms with Crippen molar-refractivity contribution in [3.63, 3.8) is 0 Å². The molecule has 9 heavy (non-hydrogen) atoms. The largest absolute Gasteiger partial charge is 0.396 e. The lowest BCUT2D eigenvalue weighted by atomic mass is 9.89. The molecular formula is C7H13NO. The molecular weight excluding hydrogens is 114 g/mol. The first kappa shape index (κ1) is 5.69. The van der Waals surface area contributed by atoms with Crippen molar-refractivity contribution in [3.8, 4) is 0 Å². The molecule has 2 bridgehead atoms. The first-order valence-corrected chi connectivity index (χ1v) is 3.69. The standard InChI is InChI=1S/C7H13NO/c9-5-7-2-1-6(3-7)8-4-7/h6,8-9H,1-5H2/t6-,7-/m0/s1. The van der Waals surface area contributed by atoms with Crippen LogP contribution in [0.25, 0.3) is 0 Å². The van der Waals surface area contributed by atoms with Gasteiger partial charge in [-0.3, -0.25) is 0 Å². The van der Waals surface area contributed by atoms with Crippen molar-refractivity contribution in [1.29, 1.82) is 0 Å². The number of hydrogen-bond acceptors (Lipinski definition) is 2. The molecule has 52 valence electrons. The molecule has 2 rings (SSSR count). The fourth-order valence-electron chi connectivity index (χ4n) is 2.10. The van der Waals surface area contributed by atoms with Crippen LogP contribution >= 0.6 is 0 Å². The van der Waals surface area contributed by atoms with E-state index < -0.39 is 0 Å². The lowest BCUT2D eigenvalue weighted by Gasteiger charge is -2.22. The van der Waals surface area contributed by atoms with E-state index in [0.29, 0.717) is 12.0 Å². The molecule has 0 radical (unpaired) electrons. The van der Waals surface area contributed by atoms with E-state index in [4.69, 9.17) is 5.11 Å². The number of nitrogens with one attached hydrogen (secondary N) is 1. The van der Waals surface area contributed by atoms with Gasteiger partial charge in [-0.05, 0) is 19.3 Å². The van der Waals surface area contributed by atoms with Gasteiger partial charge in [0.1, 0.15) is 0 Å². The van der Waals surface area contributed by atoms with E-state index in [0.717, 1.165) is 12.6 Å². The van der Waals surface area contributed by atoms with Crippen molar-refractivity contribution in [1.82, 2.24) is 5.32 Å². The Balaban J connectivity index is 2.13. The predicted molar refractivity (Wildman–Crippen MR) is 35.2 cm³/mol. The van der Waals surface area contributed by atoms with E-state index in [-0.39, 0.29) is 0 Å². The lowest BCUT2D eigenvalue weighted by Crippen LogP contribution is -2.31. The molecule has 1 saturated carbocycles. The third kappa shape index (κ3) is 0.700. The summed E-state index contributed by atoms with van der Waals surface area (Å²) in [5, 5.41) is 12.4. The molecule has 2 fully saturated rings. The third-order valence-electron chi connectivity index (χ3n) is 2.80. The van der Waals surface area contributed by atoms with Crippen LogP contribution in [0, 0.1) is 5.41 Å². The fraction of sp³-hybridized carbons (Fsp3) is 1.00. The molecule has 1 aliphatic heterocycles. The minimum absolute atomic E-state index is 0.296. The van der Waals surface area contributed by atoms with Gasteiger partial charge in [0.15, 0.2) is 0 Å². The molecule has 2 aliphatic rings. The van der Waals surface area contributed by atoms with E-state index in [1.54, 1.807) is 0 Å². The molecule has 1 aliphatic carbocycles. The zero-order chi connectivity index (χ0) is 6.32. The Hall–Kier alpha value is -0.0800. The van der Waals surface area contributed by atoms with Crippen LogP contribution in [-0.4, -0.2) is 24.3 Å². The van der Waals surface area contributed by atoms with Crippen molar-refractivity contribution in [2.75, 3.05) is 13.2 Å². The molecule has 0 aromatic carbocycles. The number of fused-ring (bicyclic) bond motifs is 2. The van der Waals surface area contributed by atoms with Gasteiger partial charge in [0.25, 0.3) is 0 Å². The number of aliphatic hydroxyl groups is 1. The monoisotopic (exact) mass is 127 g/mol. The summed E-state index contributed by atoms with van der Waals surface area (Å²) in [6.07, 6.45) is 3.73. The average molecular weight is 127 g/mol. The molecule has 0 amide bonds. The van der Waals surface area contributed by atoms with Crippen molar-refractivity contribution in [3.05, 3.63) is 0 Å². The van der Waals surface area contributed by atoms with Gasteiger partial charge < -0.3 is 10.4 Å². The van der Waals surface area contributed by atoms with Gasteiger partial charge in [0, 0.05) is 24.6 Å². The predicted octanol–water partition coefficient (Wildman–Crippen LogP) is 0.121. The van der Waals surface area contributed by atoms with Gasteiger partial charge >= 0.3 is 0 Å². The first-order valence-electron chi connectivity index (χ1n) is 3.69. The molecule has 0 aromatic rings. The fourth-order valence-corrected chi connectivity index (χ4v) is 2.10. The number of aliphatic hydroxyl groups excluding tert-OH is 1. The number of rotatable bonds is 1. The molecule has 2 atom stereocenters. The van der Waals surface area contributed by atoms with Crippen LogP contribution in [0.15, 0.2) is 0 Å². The van der Waals surface area contributed by atoms with Gasteiger partial charge in [-0.2, -0.15) is 0 Å². The second-order valence-electron chi connectivity index (χ2n) is 3.48. The smallest absolute Gasteiger partial charge is 0.0500 e. The van der Waals surface area contributed by atoms with E-state index in [1.165, 1.54) is 19.3 Å². The zero-order valence-corrected chi connectivity index (χ0v) is 5.56.